The quantitative estimate of drug-likeness (QED) is 0.230. The van der Waals surface area contributed by atoms with Crippen LogP contribution in [0, 0.1) is 0 Å². The van der Waals surface area contributed by atoms with Crippen LogP contribution in [-0.4, -0.2) is 63.1 Å². The Hall–Kier alpha value is -3.93. The predicted octanol–water partition coefficient (Wildman–Crippen LogP) is 2.41. The first-order valence-corrected chi connectivity index (χ1v) is 12.8. The summed E-state index contributed by atoms with van der Waals surface area (Å²) in [5.74, 6) is -4.62. The van der Waals surface area contributed by atoms with Crippen molar-refractivity contribution in [3.8, 4) is 0 Å². The third-order valence-corrected chi connectivity index (χ3v) is 5.85. The standard InChI is InChI=1S/C29H36N2O9/c1-18(32)30-24-21(31-27(34)40-28(2,3)4)17-23(38-22(24)15-16-29(35,36)37)26(33)39-25(19-11-7-5-8-12-19)20-13-9-6-10-14-20/h5-14,17,21-22,24-25,35-37H,15-16H2,1-4H3,(H,30,32)(H,31,34)/t21-,22+,24+/m0/s1. The molecule has 5 N–H and O–H groups in total. The Labute approximate surface area is 232 Å². The number of carbonyl (C=O) groups is 3. The number of aliphatic hydroxyl groups is 3. The first-order valence-electron chi connectivity index (χ1n) is 12.8. The summed E-state index contributed by atoms with van der Waals surface area (Å²) in [4.78, 5) is 38.2. The van der Waals surface area contributed by atoms with E-state index in [-0.39, 0.29) is 12.2 Å². The highest BCUT2D eigenvalue weighted by Gasteiger charge is 2.41. The molecule has 11 nitrogen and oxygen atoms in total. The Morgan fingerprint density at radius 1 is 0.925 bits per heavy atom. The van der Waals surface area contributed by atoms with E-state index in [1.165, 1.54) is 13.0 Å². The Morgan fingerprint density at radius 2 is 1.48 bits per heavy atom. The van der Waals surface area contributed by atoms with Crippen LogP contribution in [0.25, 0.3) is 0 Å². The Bertz CT molecular complexity index is 1150. The van der Waals surface area contributed by atoms with Crippen LogP contribution in [0.15, 0.2) is 72.5 Å². The van der Waals surface area contributed by atoms with Gasteiger partial charge in [-0.05, 0) is 44.4 Å². The minimum atomic E-state index is -3.02. The fourth-order valence-corrected chi connectivity index (χ4v) is 4.21. The first-order chi connectivity index (χ1) is 18.7. The molecule has 0 saturated heterocycles. The normalized spacial score (nSPS) is 19.2. The van der Waals surface area contributed by atoms with E-state index in [1.807, 2.05) is 60.7 Å². The average molecular weight is 557 g/mol. The van der Waals surface area contributed by atoms with E-state index in [1.54, 1.807) is 20.8 Å². The van der Waals surface area contributed by atoms with Crippen molar-refractivity contribution in [3.05, 3.63) is 83.6 Å². The van der Waals surface area contributed by atoms with Gasteiger partial charge in [-0.3, -0.25) is 4.79 Å². The van der Waals surface area contributed by atoms with Crippen LogP contribution >= 0.6 is 0 Å². The van der Waals surface area contributed by atoms with Gasteiger partial charge in [-0.1, -0.05) is 60.7 Å². The van der Waals surface area contributed by atoms with Crippen LogP contribution in [0.1, 0.15) is 57.8 Å². The summed E-state index contributed by atoms with van der Waals surface area (Å²) < 4.78 is 17.1. The fourth-order valence-electron chi connectivity index (χ4n) is 4.21. The molecule has 0 unspecified atom stereocenters. The van der Waals surface area contributed by atoms with Crippen molar-refractivity contribution in [2.45, 2.75) is 76.4 Å². The third kappa shape index (κ3) is 9.37. The van der Waals surface area contributed by atoms with Gasteiger partial charge < -0.3 is 40.2 Å². The number of carbonyl (C=O) groups excluding carboxylic acids is 3. The molecule has 0 spiro atoms. The zero-order chi connectivity index (χ0) is 29.5. The molecule has 2 aromatic carbocycles. The molecular weight excluding hydrogens is 520 g/mol. The molecule has 1 aliphatic rings. The number of ether oxygens (including phenoxy) is 3. The van der Waals surface area contributed by atoms with Crippen LogP contribution < -0.4 is 10.6 Å². The Kier molecular flexibility index (Phi) is 9.91. The van der Waals surface area contributed by atoms with Crippen molar-refractivity contribution in [1.82, 2.24) is 10.6 Å². The lowest BCUT2D eigenvalue weighted by Gasteiger charge is -2.38. The van der Waals surface area contributed by atoms with Crippen molar-refractivity contribution < 1.29 is 43.9 Å². The zero-order valence-corrected chi connectivity index (χ0v) is 22.9. The van der Waals surface area contributed by atoms with E-state index in [0.29, 0.717) is 11.1 Å². The van der Waals surface area contributed by atoms with E-state index in [0.717, 1.165) is 0 Å². The number of benzene rings is 2. The van der Waals surface area contributed by atoms with E-state index in [4.69, 9.17) is 14.2 Å². The monoisotopic (exact) mass is 556 g/mol. The smallest absolute Gasteiger partial charge is 0.408 e. The highest BCUT2D eigenvalue weighted by molar-refractivity contribution is 5.87. The van der Waals surface area contributed by atoms with Gasteiger partial charge in [0.15, 0.2) is 6.10 Å². The molecule has 2 amide bonds. The van der Waals surface area contributed by atoms with Gasteiger partial charge >= 0.3 is 12.1 Å². The second kappa shape index (κ2) is 12.9. The molecule has 216 valence electrons. The molecule has 11 heteroatoms. The molecule has 0 saturated carbocycles. The first kappa shape index (κ1) is 30.6. The molecule has 3 rings (SSSR count). The van der Waals surface area contributed by atoms with Crippen LogP contribution in [0.4, 0.5) is 4.79 Å². The van der Waals surface area contributed by atoms with E-state index in [2.05, 4.69) is 10.6 Å². The fraction of sp³-hybridized carbons (Fsp3) is 0.414. The summed E-state index contributed by atoms with van der Waals surface area (Å²) in [5, 5.41) is 33.7. The second-order valence-corrected chi connectivity index (χ2v) is 10.5. The molecule has 0 aromatic heterocycles. The zero-order valence-electron chi connectivity index (χ0n) is 22.9. The van der Waals surface area contributed by atoms with Gasteiger partial charge in [0.25, 0.3) is 5.97 Å². The molecule has 0 aliphatic carbocycles. The molecule has 0 bridgehead atoms. The number of rotatable bonds is 9. The number of alkyl carbamates (subject to hydrolysis) is 1. The van der Waals surface area contributed by atoms with Gasteiger partial charge in [0.05, 0.1) is 12.1 Å². The summed E-state index contributed by atoms with van der Waals surface area (Å²) >= 11 is 0. The maximum atomic E-state index is 13.5. The van der Waals surface area contributed by atoms with E-state index >= 15 is 0 Å². The number of nitrogens with one attached hydrogen (secondary N) is 2. The molecule has 40 heavy (non-hydrogen) atoms. The highest BCUT2D eigenvalue weighted by Crippen LogP contribution is 2.30. The number of amides is 2. The number of esters is 1. The lowest BCUT2D eigenvalue weighted by atomic mass is 9.94. The molecule has 1 heterocycles. The van der Waals surface area contributed by atoms with Crippen molar-refractivity contribution in [2.24, 2.45) is 0 Å². The lowest BCUT2D eigenvalue weighted by Crippen LogP contribution is -2.59. The Balaban J connectivity index is 1.96. The molecule has 3 atom stereocenters. The largest absolute Gasteiger partial charge is 0.481 e. The second-order valence-electron chi connectivity index (χ2n) is 10.5. The Morgan fingerprint density at radius 3 is 1.95 bits per heavy atom. The van der Waals surface area contributed by atoms with Crippen LogP contribution in [0.3, 0.4) is 0 Å². The van der Waals surface area contributed by atoms with Crippen LogP contribution in [0.5, 0.6) is 0 Å². The van der Waals surface area contributed by atoms with Crippen molar-refractivity contribution in [3.63, 3.8) is 0 Å². The van der Waals surface area contributed by atoms with Crippen molar-refractivity contribution in [1.29, 1.82) is 0 Å². The van der Waals surface area contributed by atoms with Gasteiger partial charge in [0.1, 0.15) is 11.7 Å². The van der Waals surface area contributed by atoms with Crippen LogP contribution in [0.2, 0.25) is 0 Å². The molecule has 2 aromatic rings. The van der Waals surface area contributed by atoms with Gasteiger partial charge in [-0.15, -0.1) is 0 Å². The van der Waals surface area contributed by atoms with Crippen molar-refractivity contribution >= 4 is 18.0 Å². The molecule has 1 aliphatic heterocycles. The minimum Gasteiger partial charge on any atom is -0.481 e. The van der Waals surface area contributed by atoms with Gasteiger partial charge in [-0.2, -0.15) is 0 Å². The van der Waals surface area contributed by atoms with E-state index in [9.17, 15) is 29.7 Å². The maximum Gasteiger partial charge on any atom is 0.408 e. The van der Waals surface area contributed by atoms with Gasteiger partial charge in [0.2, 0.25) is 11.7 Å². The molecule has 0 radical (unpaired) electrons. The summed E-state index contributed by atoms with van der Waals surface area (Å²) in [6, 6.07) is 16.2. The summed E-state index contributed by atoms with van der Waals surface area (Å²) in [7, 11) is 0. The highest BCUT2D eigenvalue weighted by atomic mass is 16.7. The lowest BCUT2D eigenvalue weighted by molar-refractivity contribution is -0.316. The summed E-state index contributed by atoms with van der Waals surface area (Å²) in [5.41, 5.74) is 0.590. The summed E-state index contributed by atoms with van der Waals surface area (Å²) in [6.07, 6.45) is -2.17. The van der Waals surface area contributed by atoms with Crippen molar-refractivity contribution in [2.75, 3.05) is 0 Å². The number of hydrogen-bond donors (Lipinski definition) is 5. The molecular formula is C29H36N2O9. The number of hydrogen-bond acceptors (Lipinski definition) is 9. The SMILES string of the molecule is CC(=O)N[C@@H]1[C@@H](NC(=O)OC(C)(C)C)C=C(C(=O)OC(c2ccccc2)c2ccccc2)O[C@@H]1CCC(O)(O)O. The van der Waals surface area contributed by atoms with Gasteiger partial charge in [0, 0.05) is 13.3 Å². The molecule has 0 fully saturated rings. The van der Waals surface area contributed by atoms with E-state index < -0.39 is 60.3 Å². The summed E-state index contributed by atoms with van der Waals surface area (Å²) in [6.45, 7) is 6.30. The maximum absolute atomic E-state index is 13.5. The minimum absolute atomic E-state index is 0.216. The topological polar surface area (TPSA) is 164 Å². The average Bonchev–Trinajstić information content (AvgIpc) is 2.86. The third-order valence-electron chi connectivity index (χ3n) is 5.85. The van der Waals surface area contributed by atoms with Crippen LogP contribution in [-0.2, 0) is 23.8 Å². The van der Waals surface area contributed by atoms with Gasteiger partial charge in [-0.25, -0.2) is 9.59 Å². The predicted molar refractivity (Wildman–Crippen MR) is 143 cm³/mol.